The molecular weight excluding hydrogens is 534 g/mol. The molecule has 0 spiro atoms. The molecule has 0 aliphatic carbocycles. The minimum atomic E-state index is -3.55. The second kappa shape index (κ2) is 14.8. The second-order valence-electron chi connectivity index (χ2n) is 11.0. The number of para-hydroxylation sites is 1. The summed E-state index contributed by atoms with van der Waals surface area (Å²) in [5.74, 6) is -0.116. The zero-order valence-electron chi connectivity index (χ0n) is 24.8. The van der Waals surface area contributed by atoms with E-state index >= 15 is 0 Å². The van der Waals surface area contributed by atoms with E-state index in [0.717, 1.165) is 22.3 Å². The fourth-order valence-electron chi connectivity index (χ4n) is 4.77. The Morgan fingerprint density at radius 1 is 0.854 bits per heavy atom. The first-order valence-corrected chi connectivity index (χ1v) is 16.0. The fourth-order valence-corrected chi connectivity index (χ4v) is 5.80. The lowest BCUT2D eigenvalue weighted by molar-refractivity contribution is -0.141. The average molecular weight is 578 g/mol. The first-order valence-electron chi connectivity index (χ1n) is 14.2. The number of hydrogen-bond donors (Lipinski definition) is 1. The van der Waals surface area contributed by atoms with Gasteiger partial charge in [0.2, 0.25) is 21.8 Å². The van der Waals surface area contributed by atoms with E-state index in [-0.39, 0.29) is 37.2 Å². The minimum Gasteiger partial charge on any atom is -0.354 e. The van der Waals surface area contributed by atoms with E-state index in [2.05, 4.69) is 5.32 Å². The van der Waals surface area contributed by atoms with Gasteiger partial charge in [0.15, 0.2) is 0 Å². The Hall–Kier alpha value is -3.65. The van der Waals surface area contributed by atoms with E-state index in [4.69, 9.17) is 0 Å². The van der Waals surface area contributed by atoms with Gasteiger partial charge in [0, 0.05) is 32.5 Å². The van der Waals surface area contributed by atoms with Crippen molar-refractivity contribution >= 4 is 27.5 Å². The van der Waals surface area contributed by atoms with E-state index in [9.17, 15) is 18.0 Å². The molecule has 41 heavy (non-hydrogen) atoms. The SMILES string of the molecule is Cc1ccccc1CN(C(=O)CCCN(c1ccccc1C)S(C)(=O)=O)[C@@H](Cc1ccccc1)C(=O)NCC(C)C. The number of carbonyl (C=O) groups is 2. The Morgan fingerprint density at radius 3 is 2.07 bits per heavy atom. The fraction of sp³-hybridized carbons (Fsp3) is 0.394. The molecule has 2 amide bonds. The van der Waals surface area contributed by atoms with Crippen molar-refractivity contribution in [1.29, 1.82) is 0 Å². The lowest BCUT2D eigenvalue weighted by Gasteiger charge is -2.32. The molecule has 8 heteroatoms. The first kappa shape index (κ1) is 31.9. The number of aryl methyl sites for hydroxylation is 2. The maximum Gasteiger partial charge on any atom is 0.243 e. The lowest BCUT2D eigenvalue weighted by atomic mass is 10.0. The predicted octanol–water partition coefficient (Wildman–Crippen LogP) is 5.26. The summed E-state index contributed by atoms with van der Waals surface area (Å²) in [7, 11) is -3.55. The van der Waals surface area contributed by atoms with Crippen molar-refractivity contribution in [2.24, 2.45) is 5.92 Å². The van der Waals surface area contributed by atoms with Crippen LogP contribution in [0.15, 0.2) is 78.9 Å². The van der Waals surface area contributed by atoms with Crippen molar-refractivity contribution in [2.75, 3.05) is 23.7 Å². The van der Waals surface area contributed by atoms with Crippen LogP contribution < -0.4 is 9.62 Å². The number of hydrogen-bond acceptors (Lipinski definition) is 4. The monoisotopic (exact) mass is 577 g/mol. The van der Waals surface area contributed by atoms with Gasteiger partial charge in [-0.2, -0.15) is 0 Å². The summed E-state index contributed by atoms with van der Waals surface area (Å²) in [6, 6.07) is 24.2. The summed E-state index contributed by atoms with van der Waals surface area (Å²) in [6.45, 7) is 8.88. The van der Waals surface area contributed by atoms with Gasteiger partial charge < -0.3 is 10.2 Å². The number of rotatable bonds is 14. The molecule has 0 heterocycles. The summed E-state index contributed by atoms with van der Waals surface area (Å²) in [4.78, 5) is 29.2. The number of nitrogens with one attached hydrogen (secondary N) is 1. The van der Waals surface area contributed by atoms with Gasteiger partial charge in [0.05, 0.1) is 11.9 Å². The molecule has 0 bridgehead atoms. The number of sulfonamides is 1. The number of anilines is 1. The molecule has 7 nitrogen and oxygen atoms in total. The maximum absolute atomic E-state index is 13.9. The Labute approximate surface area is 245 Å². The van der Waals surface area contributed by atoms with Crippen LogP contribution in [0.5, 0.6) is 0 Å². The van der Waals surface area contributed by atoms with E-state index in [1.54, 1.807) is 17.0 Å². The molecule has 0 aliphatic rings. The molecule has 3 aromatic rings. The van der Waals surface area contributed by atoms with E-state index in [1.165, 1.54) is 10.6 Å². The highest BCUT2D eigenvalue weighted by Gasteiger charge is 2.31. The average Bonchev–Trinajstić information content (AvgIpc) is 2.93. The van der Waals surface area contributed by atoms with Gasteiger partial charge in [0.1, 0.15) is 6.04 Å². The van der Waals surface area contributed by atoms with Crippen LogP contribution in [0.4, 0.5) is 5.69 Å². The Kier molecular flexibility index (Phi) is 11.5. The molecule has 0 aromatic heterocycles. The van der Waals surface area contributed by atoms with Crippen molar-refractivity contribution in [1.82, 2.24) is 10.2 Å². The molecule has 0 aliphatic heterocycles. The maximum atomic E-state index is 13.9. The highest BCUT2D eigenvalue weighted by atomic mass is 32.2. The van der Waals surface area contributed by atoms with Gasteiger partial charge in [0.25, 0.3) is 0 Å². The van der Waals surface area contributed by atoms with Crippen LogP contribution in [0.1, 0.15) is 48.9 Å². The van der Waals surface area contributed by atoms with Crippen molar-refractivity contribution in [3.8, 4) is 0 Å². The van der Waals surface area contributed by atoms with Gasteiger partial charge in [-0.3, -0.25) is 13.9 Å². The molecule has 0 saturated heterocycles. The third kappa shape index (κ3) is 9.46. The predicted molar refractivity (Wildman–Crippen MR) is 166 cm³/mol. The smallest absolute Gasteiger partial charge is 0.243 e. The molecule has 0 saturated carbocycles. The van der Waals surface area contributed by atoms with Crippen LogP contribution in [0.25, 0.3) is 0 Å². The molecule has 0 unspecified atom stereocenters. The van der Waals surface area contributed by atoms with Crippen molar-refractivity contribution in [2.45, 2.75) is 59.5 Å². The molecule has 1 N–H and O–H groups in total. The zero-order valence-corrected chi connectivity index (χ0v) is 25.7. The molecule has 1 atom stereocenters. The van der Waals surface area contributed by atoms with E-state index < -0.39 is 16.1 Å². The first-order chi connectivity index (χ1) is 19.5. The topological polar surface area (TPSA) is 86.8 Å². The largest absolute Gasteiger partial charge is 0.354 e. The standard InChI is InChI=1S/C33H43N3O4S/c1-25(2)23-34-33(38)31(22-28-16-7-6-8-17-28)35(24-29-18-11-9-14-26(29)3)32(37)20-13-21-36(41(5,39)40)30-19-12-10-15-27(30)4/h6-12,14-19,25,31H,13,20-24H2,1-5H3,(H,34,38)/t31-/m0/s1. The summed E-state index contributed by atoms with van der Waals surface area (Å²) in [5, 5.41) is 3.04. The quantitative estimate of drug-likeness (QED) is 0.283. The van der Waals surface area contributed by atoms with Crippen LogP contribution in [-0.2, 0) is 32.6 Å². The molecule has 0 radical (unpaired) electrons. The third-order valence-corrected chi connectivity index (χ3v) is 8.27. The number of nitrogens with zero attached hydrogens (tertiary/aromatic N) is 2. The third-order valence-electron chi connectivity index (χ3n) is 7.09. The van der Waals surface area contributed by atoms with Gasteiger partial charge in [-0.25, -0.2) is 8.42 Å². The molecular formula is C33H43N3O4S. The Morgan fingerprint density at radius 2 is 1.46 bits per heavy atom. The van der Waals surface area contributed by atoms with Crippen molar-refractivity contribution < 1.29 is 18.0 Å². The van der Waals surface area contributed by atoms with Gasteiger partial charge in [-0.1, -0.05) is 86.6 Å². The Balaban J connectivity index is 1.90. The van der Waals surface area contributed by atoms with E-state index in [1.807, 2.05) is 94.4 Å². The molecule has 3 aromatic carbocycles. The molecule has 0 fully saturated rings. The second-order valence-corrected chi connectivity index (χ2v) is 12.9. The molecule has 220 valence electrons. The number of benzene rings is 3. The highest BCUT2D eigenvalue weighted by molar-refractivity contribution is 7.92. The zero-order chi connectivity index (χ0) is 30.0. The number of amides is 2. The summed E-state index contributed by atoms with van der Waals surface area (Å²) >= 11 is 0. The van der Waals surface area contributed by atoms with Crippen LogP contribution in [0, 0.1) is 19.8 Å². The minimum absolute atomic E-state index is 0.104. The van der Waals surface area contributed by atoms with Gasteiger partial charge >= 0.3 is 0 Å². The summed E-state index contributed by atoms with van der Waals surface area (Å²) in [6.07, 6.45) is 1.98. The van der Waals surface area contributed by atoms with Crippen LogP contribution in [0.3, 0.4) is 0 Å². The number of carbonyl (C=O) groups excluding carboxylic acids is 2. The summed E-state index contributed by atoms with van der Waals surface area (Å²) < 4.78 is 26.7. The van der Waals surface area contributed by atoms with Crippen molar-refractivity contribution in [3.05, 3.63) is 101 Å². The summed E-state index contributed by atoms with van der Waals surface area (Å²) in [5.41, 5.74) is 4.41. The van der Waals surface area contributed by atoms with Gasteiger partial charge in [-0.15, -0.1) is 0 Å². The lowest BCUT2D eigenvalue weighted by Crippen LogP contribution is -2.51. The Bertz CT molecular complexity index is 1410. The van der Waals surface area contributed by atoms with E-state index in [0.29, 0.717) is 25.1 Å². The highest BCUT2D eigenvalue weighted by Crippen LogP contribution is 2.23. The van der Waals surface area contributed by atoms with Crippen LogP contribution in [0.2, 0.25) is 0 Å². The van der Waals surface area contributed by atoms with Gasteiger partial charge in [-0.05, 0) is 54.5 Å². The van der Waals surface area contributed by atoms with Crippen LogP contribution >= 0.6 is 0 Å². The van der Waals surface area contributed by atoms with Crippen LogP contribution in [-0.4, -0.2) is 50.5 Å². The molecule has 3 rings (SSSR count). The normalized spacial score (nSPS) is 12.1. The van der Waals surface area contributed by atoms with Crippen molar-refractivity contribution in [3.63, 3.8) is 0 Å².